The molecule has 2 heterocycles. The van der Waals surface area contributed by atoms with E-state index >= 15 is 0 Å². The van der Waals surface area contributed by atoms with Crippen LogP contribution in [-0.4, -0.2) is 37.4 Å². The molecule has 1 aliphatic heterocycles. The average molecular weight is 394 g/mol. The zero-order valence-electron chi connectivity index (χ0n) is 16.5. The van der Waals surface area contributed by atoms with Gasteiger partial charge in [-0.2, -0.15) is 4.68 Å². The Labute approximate surface area is 168 Å². The summed E-state index contributed by atoms with van der Waals surface area (Å²) in [6, 6.07) is 14.5. The average Bonchev–Trinajstić information content (AvgIpc) is 3.26. The van der Waals surface area contributed by atoms with Gasteiger partial charge in [-0.1, -0.05) is 42.1 Å². The molecule has 0 saturated heterocycles. The first-order valence-electron chi connectivity index (χ1n) is 9.39. The molecular formula is C21H23N5OS. The summed E-state index contributed by atoms with van der Waals surface area (Å²) < 4.78 is 1.72. The topological polar surface area (TPSA) is 63.9 Å². The van der Waals surface area contributed by atoms with Crippen LogP contribution >= 0.6 is 11.8 Å². The molecule has 0 aliphatic carbocycles. The first kappa shape index (κ1) is 18.7. The molecule has 2 unspecified atom stereocenters. The quantitative estimate of drug-likeness (QED) is 0.632. The Morgan fingerprint density at radius 3 is 2.79 bits per heavy atom. The summed E-state index contributed by atoms with van der Waals surface area (Å²) in [7, 11) is 0. The van der Waals surface area contributed by atoms with Gasteiger partial charge >= 0.3 is 0 Å². The fourth-order valence-electron chi connectivity index (χ4n) is 3.66. The van der Waals surface area contributed by atoms with Gasteiger partial charge in [0.05, 0.1) is 10.9 Å². The van der Waals surface area contributed by atoms with Crippen molar-refractivity contribution in [1.29, 1.82) is 0 Å². The molecule has 144 valence electrons. The number of aryl methyl sites for hydroxylation is 2. The molecular weight excluding hydrogens is 370 g/mol. The summed E-state index contributed by atoms with van der Waals surface area (Å²) in [4.78, 5) is 15.2. The van der Waals surface area contributed by atoms with E-state index in [1.807, 2.05) is 43.9 Å². The number of para-hydroxylation sites is 1. The number of tetrazole rings is 1. The number of benzene rings is 2. The molecule has 2 aromatic carbocycles. The number of thioether (sulfide) groups is 1. The minimum Gasteiger partial charge on any atom is -0.308 e. The van der Waals surface area contributed by atoms with Gasteiger partial charge < -0.3 is 4.90 Å². The van der Waals surface area contributed by atoms with Gasteiger partial charge in [0.15, 0.2) is 0 Å². The first-order chi connectivity index (χ1) is 13.5. The highest BCUT2D eigenvalue weighted by Gasteiger charge is 2.34. The van der Waals surface area contributed by atoms with Gasteiger partial charge in [-0.25, -0.2) is 0 Å². The van der Waals surface area contributed by atoms with E-state index in [4.69, 9.17) is 0 Å². The van der Waals surface area contributed by atoms with Crippen molar-refractivity contribution in [2.45, 2.75) is 50.6 Å². The monoisotopic (exact) mass is 393 g/mol. The van der Waals surface area contributed by atoms with Gasteiger partial charge in [0, 0.05) is 11.7 Å². The van der Waals surface area contributed by atoms with E-state index in [1.165, 1.54) is 17.3 Å². The predicted octanol–water partition coefficient (Wildman–Crippen LogP) is 3.74. The Morgan fingerprint density at radius 1 is 1.18 bits per heavy atom. The molecule has 0 spiro atoms. The van der Waals surface area contributed by atoms with Crippen molar-refractivity contribution in [1.82, 2.24) is 20.2 Å². The van der Waals surface area contributed by atoms with Crippen molar-refractivity contribution in [3.05, 3.63) is 59.2 Å². The van der Waals surface area contributed by atoms with E-state index in [-0.39, 0.29) is 17.2 Å². The van der Waals surface area contributed by atoms with Crippen LogP contribution in [0.5, 0.6) is 0 Å². The number of anilines is 1. The predicted molar refractivity (Wildman–Crippen MR) is 111 cm³/mol. The van der Waals surface area contributed by atoms with Gasteiger partial charge in [-0.3, -0.25) is 4.79 Å². The van der Waals surface area contributed by atoms with Crippen LogP contribution in [0.25, 0.3) is 5.69 Å². The van der Waals surface area contributed by atoms with Crippen molar-refractivity contribution >= 4 is 23.4 Å². The van der Waals surface area contributed by atoms with Crippen LogP contribution in [0.1, 0.15) is 30.5 Å². The third-order valence-corrected chi connectivity index (χ3v) is 6.13. The molecule has 28 heavy (non-hydrogen) atoms. The molecule has 4 rings (SSSR count). The number of hydrogen-bond donors (Lipinski definition) is 0. The van der Waals surface area contributed by atoms with Crippen LogP contribution in [0.15, 0.2) is 47.6 Å². The third kappa shape index (κ3) is 3.30. The Morgan fingerprint density at radius 2 is 1.96 bits per heavy atom. The highest BCUT2D eigenvalue weighted by molar-refractivity contribution is 8.00. The van der Waals surface area contributed by atoms with E-state index < -0.39 is 0 Å². The Hall–Kier alpha value is -2.67. The van der Waals surface area contributed by atoms with Crippen LogP contribution in [-0.2, 0) is 11.2 Å². The Bertz CT molecular complexity index is 1030. The van der Waals surface area contributed by atoms with Crippen molar-refractivity contribution in [3.8, 4) is 5.69 Å². The second kappa shape index (κ2) is 7.39. The summed E-state index contributed by atoms with van der Waals surface area (Å²) in [5, 5.41) is 12.5. The molecule has 3 aromatic rings. The van der Waals surface area contributed by atoms with Crippen molar-refractivity contribution in [2.24, 2.45) is 0 Å². The molecule has 0 radical (unpaired) electrons. The zero-order valence-corrected chi connectivity index (χ0v) is 17.3. The van der Waals surface area contributed by atoms with Gasteiger partial charge in [0.1, 0.15) is 0 Å². The standard InChI is InChI=1S/C21H23N5OS/c1-13-9-10-14(2)19(11-13)26-21(22-23-24-26)28-16(4)20(27)25-15(3)12-17-7-5-6-8-18(17)25/h5-11,15-16H,12H2,1-4H3. The molecule has 0 N–H and O–H groups in total. The van der Waals surface area contributed by atoms with Crippen molar-refractivity contribution < 1.29 is 4.79 Å². The van der Waals surface area contributed by atoms with E-state index in [2.05, 4.69) is 46.7 Å². The molecule has 1 aliphatic rings. The minimum absolute atomic E-state index is 0.0814. The smallest absolute Gasteiger partial charge is 0.240 e. The summed E-state index contributed by atoms with van der Waals surface area (Å²) >= 11 is 1.39. The molecule has 0 fully saturated rings. The second-order valence-corrected chi connectivity index (χ2v) is 8.62. The summed E-state index contributed by atoms with van der Waals surface area (Å²) in [6.45, 7) is 8.08. The number of hydrogen-bond acceptors (Lipinski definition) is 5. The van der Waals surface area contributed by atoms with Crippen LogP contribution in [0, 0.1) is 13.8 Å². The van der Waals surface area contributed by atoms with Crippen molar-refractivity contribution in [2.75, 3.05) is 4.90 Å². The highest BCUT2D eigenvalue weighted by Crippen LogP contribution is 2.34. The maximum atomic E-state index is 13.2. The zero-order chi connectivity index (χ0) is 19.8. The van der Waals surface area contributed by atoms with E-state index in [9.17, 15) is 4.79 Å². The van der Waals surface area contributed by atoms with Gasteiger partial charge in [-0.15, -0.1) is 5.10 Å². The lowest BCUT2D eigenvalue weighted by Crippen LogP contribution is -2.40. The summed E-state index contributed by atoms with van der Waals surface area (Å²) in [5.74, 6) is 0.0814. The van der Waals surface area contributed by atoms with Crippen LogP contribution < -0.4 is 4.90 Å². The fourth-order valence-corrected chi connectivity index (χ4v) is 4.51. The lowest BCUT2D eigenvalue weighted by molar-refractivity contribution is -0.118. The molecule has 1 aromatic heterocycles. The van der Waals surface area contributed by atoms with E-state index in [0.29, 0.717) is 5.16 Å². The maximum absolute atomic E-state index is 13.2. The number of nitrogens with zero attached hydrogens (tertiary/aromatic N) is 5. The molecule has 7 heteroatoms. The Balaban J connectivity index is 1.59. The second-order valence-electron chi connectivity index (χ2n) is 7.31. The van der Waals surface area contributed by atoms with Crippen LogP contribution in [0.2, 0.25) is 0 Å². The van der Waals surface area contributed by atoms with Gasteiger partial charge in [0.2, 0.25) is 11.1 Å². The van der Waals surface area contributed by atoms with Crippen molar-refractivity contribution in [3.63, 3.8) is 0 Å². The number of carbonyl (C=O) groups excluding carboxylic acids is 1. The lowest BCUT2D eigenvalue weighted by Gasteiger charge is -2.25. The number of amides is 1. The van der Waals surface area contributed by atoms with Gasteiger partial charge in [0.25, 0.3) is 0 Å². The van der Waals surface area contributed by atoms with Crippen LogP contribution in [0.3, 0.4) is 0 Å². The Kier molecular flexibility index (Phi) is 4.93. The largest absolute Gasteiger partial charge is 0.308 e. The van der Waals surface area contributed by atoms with Crippen LogP contribution in [0.4, 0.5) is 5.69 Å². The number of rotatable bonds is 4. The SMILES string of the molecule is Cc1ccc(C)c(-n2nnnc2SC(C)C(=O)N2c3ccccc3CC2C)c1. The number of fused-ring (bicyclic) bond motifs is 1. The minimum atomic E-state index is -0.302. The van der Waals surface area contributed by atoms with E-state index in [1.54, 1.807) is 4.68 Å². The fraction of sp³-hybridized carbons (Fsp3) is 0.333. The summed E-state index contributed by atoms with van der Waals surface area (Å²) in [5.41, 5.74) is 5.40. The highest BCUT2D eigenvalue weighted by atomic mass is 32.2. The normalized spacial score (nSPS) is 16.9. The molecule has 0 bridgehead atoms. The lowest BCUT2D eigenvalue weighted by atomic mass is 10.1. The number of carbonyl (C=O) groups is 1. The summed E-state index contributed by atoms with van der Waals surface area (Å²) in [6.07, 6.45) is 0.888. The molecule has 6 nitrogen and oxygen atoms in total. The molecule has 1 amide bonds. The maximum Gasteiger partial charge on any atom is 0.240 e. The number of aromatic nitrogens is 4. The van der Waals surface area contributed by atoms with Gasteiger partial charge in [-0.05, 0) is 73.4 Å². The molecule has 2 atom stereocenters. The third-order valence-electron chi connectivity index (χ3n) is 5.11. The molecule has 0 saturated carbocycles. The first-order valence-corrected chi connectivity index (χ1v) is 10.3. The van der Waals surface area contributed by atoms with E-state index in [0.717, 1.165) is 28.9 Å².